The molecule has 1 fully saturated rings. The summed E-state index contributed by atoms with van der Waals surface area (Å²) in [6.07, 6.45) is 0.0498. The van der Waals surface area contributed by atoms with E-state index in [1.165, 1.54) is 0 Å². The van der Waals surface area contributed by atoms with E-state index in [0.29, 0.717) is 44.2 Å². The molecular weight excluding hydrogens is 238 g/mol. The highest BCUT2D eigenvalue weighted by Crippen LogP contribution is 2.14. The molecular formula is C12H17NO5. The van der Waals surface area contributed by atoms with Crippen LogP contribution < -0.4 is 5.32 Å². The number of carbonyl (C=O) groups is 1. The molecule has 0 amide bonds. The highest BCUT2D eigenvalue weighted by molar-refractivity contribution is 5.86. The van der Waals surface area contributed by atoms with Crippen LogP contribution in [0, 0.1) is 6.92 Å². The molecule has 1 aliphatic rings. The van der Waals surface area contributed by atoms with Gasteiger partial charge in [0.25, 0.3) is 0 Å². The van der Waals surface area contributed by atoms with Crippen LogP contribution in [-0.2, 0) is 16.0 Å². The van der Waals surface area contributed by atoms with Crippen LogP contribution in [0.1, 0.15) is 21.9 Å². The van der Waals surface area contributed by atoms with Crippen molar-refractivity contribution >= 4 is 5.97 Å². The molecule has 0 saturated carbocycles. The first-order chi connectivity index (χ1) is 8.66. The number of rotatable bonds is 5. The van der Waals surface area contributed by atoms with Crippen LogP contribution in [-0.4, -0.2) is 43.5 Å². The first-order valence-corrected chi connectivity index (χ1v) is 5.89. The maximum absolute atomic E-state index is 10.8. The zero-order valence-corrected chi connectivity index (χ0v) is 10.3. The van der Waals surface area contributed by atoms with Gasteiger partial charge in [-0.15, -0.1) is 0 Å². The van der Waals surface area contributed by atoms with Crippen LogP contribution >= 0.6 is 0 Å². The van der Waals surface area contributed by atoms with Crippen molar-refractivity contribution in [3.63, 3.8) is 0 Å². The van der Waals surface area contributed by atoms with Gasteiger partial charge in [0, 0.05) is 12.1 Å². The summed E-state index contributed by atoms with van der Waals surface area (Å²) in [4.78, 5) is 10.8. The van der Waals surface area contributed by atoms with Crippen LogP contribution in [0.3, 0.4) is 0 Å². The van der Waals surface area contributed by atoms with Crippen LogP contribution in [0.15, 0.2) is 10.5 Å². The summed E-state index contributed by atoms with van der Waals surface area (Å²) in [5.41, 5.74) is 0.636. The van der Waals surface area contributed by atoms with E-state index >= 15 is 0 Å². The fourth-order valence-corrected chi connectivity index (χ4v) is 1.86. The van der Waals surface area contributed by atoms with Crippen molar-refractivity contribution in [3.8, 4) is 0 Å². The molecule has 1 aromatic rings. The normalized spacial score (nSPS) is 19.9. The van der Waals surface area contributed by atoms with Crippen LogP contribution in [0.5, 0.6) is 0 Å². The molecule has 1 aromatic heterocycles. The Labute approximate surface area is 105 Å². The lowest BCUT2D eigenvalue weighted by molar-refractivity contribution is -0.0865. The van der Waals surface area contributed by atoms with Gasteiger partial charge in [0.1, 0.15) is 5.76 Å². The fourth-order valence-electron chi connectivity index (χ4n) is 1.86. The Bertz CT molecular complexity index is 409. The first kappa shape index (κ1) is 13.1. The molecule has 0 bridgehead atoms. The summed E-state index contributed by atoms with van der Waals surface area (Å²) in [6.45, 7) is 4.71. The summed E-state index contributed by atoms with van der Waals surface area (Å²) >= 11 is 0. The number of carboxylic acid groups (broad SMARTS) is 1. The molecule has 1 saturated heterocycles. The van der Waals surface area contributed by atoms with Gasteiger partial charge in [-0.3, -0.25) is 0 Å². The molecule has 2 heterocycles. The number of aryl methyl sites for hydroxylation is 1. The van der Waals surface area contributed by atoms with Crippen LogP contribution in [0.2, 0.25) is 0 Å². The quantitative estimate of drug-likeness (QED) is 0.809. The number of carboxylic acids is 1. The first-order valence-electron chi connectivity index (χ1n) is 5.89. The third-order valence-corrected chi connectivity index (χ3v) is 2.72. The molecule has 100 valence electrons. The lowest BCUT2D eigenvalue weighted by Gasteiger charge is -2.22. The zero-order chi connectivity index (χ0) is 13.0. The third kappa shape index (κ3) is 3.32. The van der Waals surface area contributed by atoms with Crippen molar-refractivity contribution in [1.29, 1.82) is 0 Å². The summed E-state index contributed by atoms with van der Waals surface area (Å²) in [6, 6.07) is 1.73. The Morgan fingerprint density at radius 3 is 3.00 bits per heavy atom. The molecule has 0 radical (unpaired) electrons. The van der Waals surface area contributed by atoms with Gasteiger partial charge in [0.05, 0.1) is 32.5 Å². The molecule has 1 aliphatic heterocycles. The van der Waals surface area contributed by atoms with Gasteiger partial charge in [0.2, 0.25) is 5.76 Å². The average Bonchev–Trinajstić information content (AvgIpc) is 2.72. The number of furan rings is 1. The van der Waals surface area contributed by atoms with Crippen LogP contribution in [0.4, 0.5) is 0 Å². The predicted molar refractivity (Wildman–Crippen MR) is 62.7 cm³/mol. The molecule has 2 N–H and O–H groups in total. The zero-order valence-electron chi connectivity index (χ0n) is 10.3. The molecule has 0 aliphatic carbocycles. The molecule has 1 atom stereocenters. The van der Waals surface area contributed by atoms with E-state index in [0.717, 1.165) is 0 Å². The monoisotopic (exact) mass is 255 g/mol. The van der Waals surface area contributed by atoms with E-state index in [2.05, 4.69) is 5.32 Å². The standard InChI is InChI=1S/C12H17NO5/c1-8-4-9(18-11(8)12(14)15)5-13-6-10-7-16-2-3-17-10/h4,10,13H,2-3,5-7H2,1H3,(H,14,15). The number of aromatic carboxylic acids is 1. The number of ether oxygens (including phenoxy) is 2. The molecule has 6 heteroatoms. The van der Waals surface area contributed by atoms with Gasteiger partial charge in [-0.25, -0.2) is 4.79 Å². The number of hydrogen-bond acceptors (Lipinski definition) is 5. The Morgan fingerprint density at radius 2 is 2.39 bits per heavy atom. The average molecular weight is 255 g/mol. The maximum atomic E-state index is 10.8. The van der Waals surface area contributed by atoms with Crippen LogP contribution in [0.25, 0.3) is 0 Å². The molecule has 18 heavy (non-hydrogen) atoms. The van der Waals surface area contributed by atoms with Crippen molar-refractivity contribution in [2.75, 3.05) is 26.4 Å². The summed E-state index contributed by atoms with van der Waals surface area (Å²) in [7, 11) is 0. The van der Waals surface area contributed by atoms with E-state index in [1.54, 1.807) is 13.0 Å². The minimum absolute atomic E-state index is 0.00375. The van der Waals surface area contributed by atoms with Gasteiger partial charge in [-0.2, -0.15) is 0 Å². The Hall–Kier alpha value is -1.37. The predicted octanol–water partition coefficient (Wildman–Crippen LogP) is 0.791. The van der Waals surface area contributed by atoms with Crippen molar-refractivity contribution in [1.82, 2.24) is 5.32 Å². The van der Waals surface area contributed by atoms with Gasteiger partial charge in [0.15, 0.2) is 0 Å². The fraction of sp³-hybridized carbons (Fsp3) is 0.583. The summed E-state index contributed by atoms with van der Waals surface area (Å²) in [5, 5.41) is 12.0. The Kier molecular flexibility index (Phi) is 4.35. The highest BCUT2D eigenvalue weighted by atomic mass is 16.6. The lowest BCUT2D eigenvalue weighted by atomic mass is 10.2. The second-order valence-electron chi connectivity index (χ2n) is 4.23. The second-order valence-corrected chi connectivity index (χ2v) is 4.23. The second kappa shape index (κ2) is 5.99. The molecule has 0 spiro atoms. The van der Waals surface area contributed by atoms with E-state index < -0.39 is 5.97 Å². The van der Waals surface area contributed by atoms with Crippen molar-refractivity contribution in [2.24, 2.45) is 0 Å². The van der Waals surface area contributed by atoms with Gasteiger partial charge >= 0.3 is 5.97 Å². The molecule has 2 rings (SSSR count). The largest absolute Gasteiger partial charge is 0.475 e. The Balaban J connectivity index is 1.79. The minimum Gasteiger partial charge on any atom is -0.475 e. The van der Waals surface area contributed by atoms with Gasteiger partial charge in [-0.05, 0) is 13.0 Å². The minimum atomic E-state index is -1.04. The van der Waals surface area contributed by atoms with Crippen molar-refractivity contribution < 1.29 is 23.8 Å². The SMILES string of the molecule is Cc1cc(CNCC2COCCO2)oc1C(=O)O. The van der Waals surface area contributed by atoms with E-state index in [4.69, 9.17) is 19.0 Å². The van der Waals surface area contributed by atoms with Crippen molar-refractivity contribution in [3.05, 3.63) is 23.2 Å². The maximum Gasteiger partial charge on any atom is 0.372 e. The number of hydrogen-bond donors (Lipinski definition) is 2. The number of nitrogens with one attached hydrogen (secondary N) is 1. The summed E-state index contributed by atoms with van der Waals surface area (Å²) in [5.74, 6) is -0.423. The van der Waals surface area contributed by atoms with Gasteiger partial charge in [-0.1, -0.05) is 0 Å². The van der Waals surface area contributed by atoms with E-state index in [9.17, 15) is 4.79 Å². The molecule has 1 unspecified atom stereocenters. The van der Waals surface area contributed by atoms with E-state index in [-0.39, 0.29) is 11.9 Å². The van der Waals surface area contributed by atoms with E-state index in [1.807, 2.05) is 0 Å². The smallest absolute Gasteiger partial charge is 0.372 e. The summed E-state index contributed by atoms with van der Waals surface area (Å²) < 4.78 is 16.0. The Morgan fingerprint density at radius 1 is 1.56 bits per heavy atom. The molecule has 6 nitrogen and oxygen atoms in total. The topological polar surface area (TPSA) is 80.9 Å². The molecule has 0 aromatic carbocycles. The van der Waals surface area contributed by atoms with Crippen molar-refractivity contribution in [2.45, 2.75) is 19.6 Å². The highest BCUT2D eigenvalue weighted by Gasteiger charge is 2.16. The third-order valence-electron chi connectivity index (χ3n) is 2.72. The van der Waals surface area contributed by atoms with Gasteiger partial charge < -0.3 is 24.3 Å². The lowest BCUT2D eigenvalue weighted by Crippen LogP contribution is -2.37.